The Hall–Kier alpha value is -5.21. The van der Waals surface area contributed by atoms with Crippen LogP contribution in [0.1, 0.15) is 80.1 Å². The molecule has 0 amide bonds. The molecule has 232 valence electrons. The molecule has 2 nitrogen and oxygen atoms in total. The van der Waals surface area contributed by atoms with Crippen molar-refractivity contribution in [2.75, 3.05) is 0 Å². The molecule has 1 aliphatic carbocycles. The van der Waals surface area contributed by atoms with Crippen LogP contribution in [0.5, 0.6) is 5.75 Å². The van der Waals surface area contributed by atoms with Crippen LogP contribution >= 0.6 is 0 Å². The van der Waals surface area contributed by atoms with E-state index in [0.717, 1.165) is 37.7 Å². The molecular formula is C45H40O2. The fourth-order valence-electron chi connectivity index (χ4n) is 6.82. The Morgan fingerprint density at radius 2 is 0.723 bits per heavy atom. The number of carbonyl (C=O) groups is 1. The molecule has 6 aromatic rings. The lowest BCUT2D eigenvalue weighted by Crippen LogP contribution is -2.08. The Balaban J connectivity index is 1.27. The first-order chi connectivity index (χ1) is 23.0. The molecule has 0 aliphatic heterocycles. The minimum atomic E-state index is -0.212. The van der Waals surface area contributed by atoms with Crippen LogP contribution in [-0.4, -0.2) is 5.97 Å². The molecule has 1 aliphatic rings. The van der Waals surface area contributed by atoms with Gasteiger partial charge in [0.1, 0.15) is 5.75 Å². The molecule has 0 saturated carbocycles. The third kappa shape index (κ3) is 7.96. The highest BCUT2D eigenvalue weighted by atomic mass is 16.5. The van der Waals surface area contributed by atoms with Crippen molar-refractivity contribution in [1.29, 1.82) is 0 Å². The monoisotopic (exact) mass is 612 g/mol. The van der Waals surface area contributed by atoms with E-state index in [1.54, 1.807) is 0 Å². The molecule has 0 saturated heterocycles. The first-order valence-electron chi connectivity index (χ1n) is 16.8. The van der Waals surface area contributed by atoms with Gasteiger partial charge in [0, 0.05) is 12.8 Å². The van der Waals surface area contributed by atoms with Crippen LogP contribution in [0.15, 0.2) is 140 Å². The van der Waals surface area contributed by atoms with Crippen molar-refractivity contribution in [2.24, 2.45) is 0 Å². The van der Waals surface area contributed by atoms with E-state index in [2.05, 4.69) is 133 Å². The van der Waals surface area contributed by atoms with Gasteiger partial charge in [-0.15, -0.1) is 0 Å². The van der Waals surface area contributed by atoms with E-state index in [1.807, 2.05) is 13.0 Å². The Morgan fingerprint density at radius 3 is 1.04 bits per heavy atom. The summed E-state index contributed by atoms with van der Waals surface area (Å²) in [5.74, 6) is 0.439. The number of esters is 1. The Morgan fingerprint density at radius 1 is 0.426 bits per heavy atom. The summed E-state index contributed by atoms with van der Waals surface area (Å²) < 4.78 is 5.82. The van der Waals surface area contributed by atoms with Gasteiger partial charge in [-0.3, -0.25) is 4.79 Å². The largest absolute Gasteiger partial charge is 0.426 e. The maximum atomic E-state index is 12.4. The van der Waals surface area contributed by atoms with Gasteiger partial charge in [-0.2, -0.15) is 0 Å². The van der Waals surface area contributed by atoms with Crippen LogP contribution in [-0.2, 0) is 43.3 Å². The van der Waals surface area contributed by atoms with Crippen LogP contribution in [0, 0.1) is 0 Å². The summed E-state index contributed by atoms with van der Waals surface area (Å²) in [5.41, 5.74) is 15.3. The maximum absolute atomic E-state index is 12.4. The van der Waals surface area contributed by atoms with Gasteiger partial charge in [-0.25, -0.2) is 0 Å². The Labute approximate surface area is 278 Å². The summed E-state index contributed by atoms with van der Waals surface area (Å²) in [6.45, 7) is 1.83. The number of fused-ring (bicyclic) bond motifs is 12. The van der Waals surface area contributed by atoms with Crippen molar-refractivity contribution in [3.63, 3.8) is 0 Å². The molecule has 47 heavy (non-hydrogen) atoms. The number of ether oxygens (including phenoxy) is 1. The lowest BCUT2D eigenvalue weighted by molar-refractivity contribution is -0.134. The number of benzene rings is 6. The highest BCUT2D eigenvalue weighted by molar-refractivity contribution is 5.72. The van der Waals surface area contributed by atoms with Gasteiger partial charge in [0.15, 0.2) is 0 Å². The van der Waals surface area contributed by atoms with Crippen molar-refractivity contribution in [3.05, 3.63) is 206 Å². The molecule has 0 radical (unpaired) electrons. The SMILES string of the molecule is CCC(=O)Oc1ccc2cc1Cc1cccc(c1)Cc1cccc(c1)Cc1cccc(c1)Cc1cccc(c1)Cc1cccc(c1)C2. The summed E-state index contributed by atoms with van der Waals surface area (Å²) >= 11 is 0. The fourth-order valence-corrected chi connectivity index (χ4v) is 6.82. The van der Waals surface area contributed by atoms with Gasteiger partial charge < -0.3 is 4.74 Å². The average Bonchev–Trinajstić information content (AvgIpc) is 3.06. The minimum Gasteiger partial charge on any atom is -0.426 e. The van der Waals surface area contributed by atoms with E-state index in [1.165, 1.54) is 61.2 Å². The molecule has 6 aromatic carbocycles. The predicted molar refractivity (Wildman–Crippen MR) is 191 cm³/mol. The van der Waals surface area contributed by atoms with Crippen molar-refractivity contribution in [3.8, 4) is 5.75 Å². The van der Waals surface area contributed by atoms with Crippen molar-refractivity contribution in [1.82, 2.24) is 0 Å². The lowest BCUT2D eigenvalue weighted by Gasteiger charge is -2.14. The van der Waals surface area contributed by atoms with E-state index in [4.69, 9.17) is 4.74 Å². The molecule has 0 unspecified atom stereocenters. The van der Waals surface area contributed by atoms with E-state index >= 15 is 0 Å². The number of rotatable bonds is 2. The molecular weight excluding hydrogens is 572 g/mol. The maximum Gasteiger partial charge on any atom is 0.310 e. The van der Waals surface area contributed by atoms with Gasteiger partial charge in [0.25, 0.3) is 0 Å². The molecule has 0 aromatic heterocycles. The van der Waals surface area contributed by atoms with E-state index in [0.29, 0.717) is 18.6 Å². The first kappa shape index (κ1) is 30.4. The molecule has 0 atom stereocenters. The first-order valence-corrected chi connectivity index (χ1v) is 16.8. The van der Waals surface area contributed by atoms with Gasteiger partial charge in [-0.05, 0) is 105 Å². The summed E-state index contributed by atoms with van der Waals surface area (Å²) in [6.07, 6.45) is 5.45. The van der Waals surface area contributed by atoms with Crippen LogP contribution in [0.4, 0.5) is 0 Å². The molecule has 2 heteroatoms. The second kappa shape index (κ2) is 14.1. The summed E-state index contributed by atoms with van der Waals surface area (Å²) in [7, 11) is 0. The highest BCUT2D eigenvalue weighted by Crippen LogP contribution is 2.27. The fraction of sp³-hybridized carbons (Fsp3) is 0.178. The minimum absolute atomic E-state index is 0.212. The average molecular weight is 613 g/mol. The summed E-state index contributed by atoms with van der Waals surface area (Å²) in [5, 5.41) is 0. The predicted octanol–water partition coefficient (Wildman–Crippen LogP) is 9.86. The number of carbonyl (C=O) groups excluding carboxylic acids is 1. The van der Waals surface area contributed by atoms with Gasteiger partial charge in [0.2, 0.25) is 0 Å². The second-order valence-corrected chi connectivity index (χ2v) is 12.9. The van der Waals surface area contributed by atoms with Gasteiger partial charge >= 0.3 is 5.97 Å². The second-order valence-electron chi connectivity index (χ2n) is 12.9. The lowest BCUT2D eigenvalue weighted by atomic mass is 9.94. The van der Waals surface area contributed by atoms with Gasteiger partial charge in [-0.1, -0.05) is 140 Å². The van der Waals surface area contributed by atoms with E-state index in [9.17, 15) is 4.79 Å². The van der Waals surface area contributed by atoms with Crippen LogP contribution in [0.25, 0.3) is 0 Å². The Kier molecular flexibility index (Phi) is 9.10. The molecule has 12 bridgehead atoms. The quantitative estimate of drug-likeness (QED) is 0.144. The van der Waals surface area contributed by atoms with Crippen LogP contribution < -0.4 is 4.74 Å². The molecule has 0 fully saturated rings. The van der Waals surface area contributed by atoms with E-state index in [-0.39, 0.29) is 5.97 Å². The third-order valence-corrected chi connectivity index (χ3v) is 9.03. The smallest absolute Gasteiger partial charge is 0.310 e. The molecule has 0 spiro atoms. The summed E-state index contributed by atoms with van der Waals surface area (Å²) in [6, 6.07) is 51.1. The summed E-state index contributed by atoms with van der Waals surface area (Å²) in [4.78, 5) is 12.4. The third-order valence-electron chi connectivity index (χ3n) is 9.03. The van der Waals surface area contributed by atoms with Crippen molar-refractivity contribution < 1.29 is 9.53 Å². The van der Waals surface area contributed by atoms with Crippen molar-refractivity contribution >= 4 is 5.97 Å². The Bertz CT molecular complexity index is 2030. The zero-order valence-corrected chi connectivity index (χ0v) is 27.0. The normalized spacial score (nSPS) is 12.9. The standard InChI is InChI=1S/C45H40O2/c1-2-45(46)47-44-19-18-42-29-40-15-6-14-38(27-40)25-36-11-4-10-34(23-36)21-32-8-3-9-33(20-32)22-35-12-5-13-37(24-35)26-39-16-7-17-41(28-39)30-43(44)31-42/h3-20,23-24,27-28,31H,2,21-22,25-26,29-30H2,1H3. The zero-order chi connectivity index (χ0) is 32.0. The topological polar surface area (TPSA) is 26.3 Å². The van der Waals surface area contributed by atoms with Gasteiger partial charge in [0.05, 0.1) is 0 Å². The number of hydrogen-bond acceptors (Lipinski definition) is 2. The van der Waals surface area contributed by atoms with E-state index < -0.39 is 0 Å². The van der Waals surface area contributed by atoms with Crippen LogP contribution in [0.2, 0.25) is 0 Å². The molecule has 0 N–H and O–H groups in total. The van der Waals surface area contributed by atoms with Crippen molar-refractivity contribution in [2.45, 2.75) is 51.9 Å². The number of hydrogen-bond donors (Lipinski definition) is 0. The van der Waals surface area contributed by atoms with Crippen LogP contribution in [0.3, 0.4) is 0 Å². The zero-order valence-electron chi connectivity index (χ0n) is 27.0. The highest BCUT2D eigenvalue weighted by Gasteiger charge is 2.12. The molecule has 7 rings (SSSR count). The molecule has 0 heterocycles.